The first kappa shape index (κ1) is 16.6. The summed E-state index contributed by atoms with van der Waals surface area (Å²) in [5, 5.41) is 2.62. The van der Waals surface area contributed by atoms with Crippen LogP contribution in [-0.2, 0) is 14.8 Å². The van der Waals surface area contributed by atoms with Gasteiger partial charge in [-0.3, -0.25) is 4.79 Å². The molecule has 0 spiro atoms. The highest BCUT2D eigenvalue weighted by Crippen LogP contribution is 2.26. The Hall–Kier alpha value is -1.75. The van der Waals surface area contributed by atoms with Gasteiger partial charge in [0.1, 0.15) is 0 Å². The van der Waals surface area contributed by atoms with Gasteiger partial charge in [-0.15, -0.1) is 0 Å². The molecular weight excluding hydrogens is 335 g/mol. The van der Waals surface area contributed by atoms with E-state index in [1.165, 1.54) is 4.72 Å². The summed E-state index contributed by atoms with van der Waals surface area (Å²) in [6, 6.07) is -0.920. The number of amides is 1. The second-order valence-corrected chi connectivity index (χ2v) is 6.14. The molecule has 1 aliphatic heterocycles. The van der Waals surface area contributed by atoms with Crippen molar-refractivity contribution in [2.24, 2.45) is 0 Å². The van der Waals surface area contributed by atoms with Crippen LogP contribution in [-0.4, -0.2) is 26.9 Å². The molecular formula is C11H9F5N2O3S. The lowest BCUT2D eigenvalue weighted by atomic mass is 10.2. The Morgan fingerprint density at radius 3 is 1.95 bits per heavy atom. The third kappa shape index (κ3) is 2.77. The average Bonchev–Trinajstić information content (AvgIpc) is 2.96. The van der Waals surface area contributed by atoms with E-state index in [1.54, 1.807) is 0 Å². The zero-order chi connectivity index (χ0) is 16.7. The van der Waals surface area contributed by atoms with Gasteiger partial charge >= 0.3 is 0 Å². The van der Waals surface area contributed by atoms with Gasteiger partial charge in [0.2, 0.25) is 5.82 Å². The highest BCUT2D eigenvalue weighted by Gasteiger charge is 2.36. The van der Waals surface area contributed by atoms with Crippen molar-refractivity contribution in [3.63, 3.8) is 0 Å². The van der Waals surface area contributed by atoms with E-state index in [0.717, 1.165) is 0 Å². The quantitative estimate of drug-likeness (QED) is 0.486. The lowest BCUT2D eigenvalue weighted by Gasteiger charge is -2.13. The Labute approximate surface area is 121 Å². The molecule has 1 aliphatic rings. The summed E-state index contributed by atoms with van der Waals surface area (Å²) in [4.78, 5) is 9.55. The third-order valence-electron chi connectivity index (χ3n) is 3.05. The van der Waals surface area contributed by atoms with Gasteiger partial charge in [-0.1, -0.05) is 0 Å². The lowest BCUT2D eigenvalue weighted by molar-refractivity contribution is -0.121. The largest absolute Gasteiger partial charge is 0.306 e. The molecule has 122 valence electrons. The lowest BCUT2D eigenvalue weighted by Crippen LogP contribution is -2.43. The highest BCUT2D eigenvalue weighted by molar-refractivity contribution is 7.90. The van der Waals surface area contributed by atoms with Gasteiger partial charge in [-0.05, 0) is 19.4 Å². The monoisotopic (exact) mass is 344 g/mol. The summed E-state index contributed by atoms with van der Waals surface area (Å²) in [7, 11) is -5.26. The molecule has 0 saturated carbocycles. The molecule has 0 aliphatic carbocycles. The Morgan fingerprint density at radius 2 is 1.50 bits per heavy atom. The van der Waals surface area contributed by atoms with E-state index in [1.807, 2.05) is 0 Å². The number of rotatable bonds is 3. The third-order valence-corrected chi connectivity index (χ3v) is 4.42. The Bertz CT molecular complexity index is 703. The predicted molar refractivity (Wildman–Crippen MR) is 62.6 cm³/mol. The van der Waals surface area contributed by atoms with Crippen molar-refractivity contribution in [2.75, 3.05) is 6.54 Å². The van der Waals surface area contributed by atoms with E-state index in [-0.39, 0.29) is 6.42 Å². The van der Waals surface area contributed by atoms with E-state index in [2.05, 4.69) is 5.32 Å². The van der Waals surface area contributed by atoms with Crippen LogP contribution in [0.5, 0.6) is 0 Å². The molecule has 1 saturated heterocycles. The molecule has 1 aromatic rings. The van der Waals surface area contributed by atoms with Gasteiger partial charge in [-0.25, -0.2) is 35.1 Å². The van der Waals surface area contributed by atoms with Gasteiger partial charge in [0, 0.05) is 0 Å². The smallest absolute Gasteiger partial charge is 0.270 e. The molecule has 0 bridgehead atoms. The van der Waals surface area contributed by atoms with Crippen molar-refractivity contribution in [3.8, 4) is 0 Å². The van der Waals surface area contributed by atoms with Gasteiger partial charge in [0.25, 0.3) is 15.9 Å². The molecule has 2 rings (SSSR count). The van der Waals surface area contributed by atoms with E-state index < -0.39 is 56.0 Å². The minimum atomic E-state index is -5.26. The zero-order valence-corrected chi connectivity index (χ0v) is 11.5. The number of benzene rings is 1. The predicted octanol–water partition coefficient (Wildman–Crippen LogP) is 0.939. The van der Waals surface area contributed by atoms with Crippen molar-refractivity contribution in [2.45, 2.75) is 23.8 Å². The summed E-state index contributed by atoms with van der Waals surface area (Å²) in [6.07, 6.45) is 0.846. The fourth-order valence-electron chi connectivity index (χ4n) is 1.98. The van der Waals surface area contributed by atoms with Gasteiger partial charge in [0.05, 0.1) is 6.04 Å². The van der Waals surface area contributed by atoms with Crippen molar-refractivity contribution in [1.29, 1.82) is 0 Å². The maximum atomic E-state index is 13.5. The van der Waals surface area contributed by atoms with Crippen molar-refractivity contribution in [1.82, 2.24) is 10.0 Å². The molecule has 11 heteroatoms. The summed E-state index contributed by atoms with van der Waals surface area (Å²) in [5.41, 5.74) is 0. The fourth-order valence-corrected chi connectivity index (χ4v) is 3.14. The van der Waals surface area contributed by atoms with Crippen LogP contribution < -0.4 is 10.0 Å². The SMILES string of the molecule is O=C(NS(=O)(=O)c1c(F)c(F)c(F)c(F)c1F)[C@@H]1CCCN1. The summed E-state index contributed by atoms with van der Waals surface area (Å²) in [5.74, 6) is -13.5. The molecule has 1 atom stereocenters. The second kappa shape index (κ2) is 5.80. The molecule has 1 fully saturated rings. The number of carbonyl (C=O) groups is 1. The zero-order valence-electron chi connectivity index (χ0n) is 10.7. The van der Waals surface area contributed by atoms with Gasteiger partial charge in [-0.2, -0.15) is 0 Å². The van der Waals surface area contributed by atoms with E-state index >= 15 is 0 Å². The molecule has 1 amide bonds. The Kier molecular flexibility index (Phi) is 4.38. The first-order valence-corrected chi connectivity index (χ1v) is 7.46. The minimum absolute atomic E-state index is 0.276. The van der Waals surface area contributed by atoms with Crippen LogP contribution in [0.3, 0.4) is 0 Å². The van der Waals surface area contributed by atoms with Crippen LogP contribution in [0, 0.1) is 29.1 Å². The van der Waals surface area contributed by atoms with E-state index in [4.69, 9.17) is 0 Å². The van der Waals surface area contributed by atoms with E-state index in [0.29, 0.717) is 13.0 Å². The molecule has 2 N–H and O–H groups in total. The van der Waals surface area contributed by atoms with Crippen molar-refractivity contribution < 1.29 is 35.2 Å². The normalized spacial score (nSPS) is 18.5. The molecule has 22 heavy (non-hydrogen) atoms. The Balaban J connectivity index is 2.44. The Morgan fingerprint density at radius 1 is 1.00 bits per heavy atom. The van der Waals surface area contributed by atoms with Crippen molar-refractivity contribution >= 4 is 15.9 Å². The van der Waals surface area contributed by atoms with Gasteiger partial charge < -0.3 is 5.32 Å². The fraction of sp³-hybridized carbons (Fsp3) is 0.364. The number of nitrogens with one attached hydrogen (secondary N) is 2. The van der Waals surface area contributed by atoms with Crippen LogP contribution in [0.2, 0.25) is 0 Å². The van der Waals surface area contributed by atoms with Crippen LogP contribution in [0.1, 0.15) is 12.8 Å². The summed E-state index contributed by atoms with van der Waals surface area (Å²) in [6.45, 7) is 0.431. The first-order chi connectivity index (χ1) is 10.2. The minimum Gasteiger partial charge on any atom is -0.306 e. The van der Waals surface area contributed by atoms with E-state index in [9.17, 15) is 35.2 Å². The maximum Gasteiger partial charge on any atom is 0.270 e. The molecule has 0 unspecified atom stereocenters. The van der Waals surface area contributed by atoms with Crippen LogP contribution in [0.25, 0.3) is 0 Å². The molecule has 1 heterocycles. The topological polar surface area (TPSA) is 75.3 Å². The molecule has 0 radical (unpaired) electrons. The standard InChI is InChI=1S/C11H9F5N2O3S/c12-5-6(13)8(15)10(9(16)7(5)14)22(20,21)18-11(19)4-2-1-3-17-4/h4,17H,1-3H2,(H,18,19)/t4-/m0/s1. The van der Waals surface area contributed by atoms with Gasteiger partial charge in [0.15, 0.2) is 28.2 Å². The van der Waals surface area contributed by atoms with Crippen molar-refractivity contribution in [3.05, 3.63) is 29.1 Å². The maximum absolute atomic E-state index is 13.5. The number of carbonyl (C=O) groups excluding carboxylic acids is 1. The van der Waals surface area contributed by atoms with Crippen LogP contribution in [0.4, 0.5) is 22.0 Å². The molecule has 0 aromatic heterocycles. The first-order valence-electron chi connectivity index (χ1n) is 5.98. The number of hydrogen-bond donors (Lipinski definition) is 2. The molecule has 1 aromatic carbocycles. The number of halogens is 5. The number of hydrogen-bond acceptors (Lipinski definition) is 4. The highest BCUT2D eigenvalue weighted by atomic mass is 32.2. The average molecular weight is 344 g/mol. The second-order valence-electron chi connectivity index (χ2n) is 4.52. The van der Waals surface area contributed by atoms with Crippen LogP contribution >= 0.6 is 0 Å². The van der Waals surface area contributed by atoms with Crippen LogP contribution in [0.15, 0.2) is 4.90 Å². The summed E-state index contributed by atoms with van der Waals surface area (Å²) < 4.78 is 90.7. The number of sulfonamides is 1. The summed E-state index contributed by atoms with van der Waals surface area (Å²) >= 11 is 0. The molecule has 5 nitrogen and oxygen atoms in total.